The average Bonchev–Trinajstić information content (AvgIpc) is 2.11. The largest absolute Gasteiger partial charge is 0.310 e. The molecule has 0 bridgehead atoms. The molecule has 0 saturated carbocycles. The van der Waals surface area contributed by atoms with E-state index in [9.17, 15) is 27.2 Å². The Morgan fingerprint density at radius 1 is 0.812 bits per heavy atom. The molecule has 0 fully saturated rings. The van der Waals surface area contributed by atoms with Gasteiger partial charge in [-0.25, -0.2) is 0 Å². The van der Waals surface area contributed by atoms with E-state index in [0.717, 1.165) is 0 Å². The second-order valence-corrected chi connectivity index (χ2v) is 3.96. The van der Waals surface area contributed by atoms with Gasteiger partial charge in [0.2, 0.25) is 10.5 Å². The Balaban J connectivity index is 4.44. The fourth-order valence-corrected chi connectivity index (χ4v) is 1.07. The molecule has 0 aromatic carbocycles. The maximum Gasteiger partial charge on any atom is 0.310 e. The van der Waals surface area contributed by atoms with Crippen molar-refractivity contribution in [3.8, 4) is 0 Å². The Bertz CT molecular complexity index is 253. The van der Waals surface area contributed by atoms with Gasteiger partial charge in [0, 0.05) is 25.7 Å². The fourth-order valence-electron chi connectivity index (χ4n) is 0.876. The maximum absolute atomic E-state index is 12.9. The number of hydrogen-bond donors (Lipinski definition) is 0. The first-order valence-corrected chi connectivity index (χ1v) is 4.96. The van der Waals surface area contributed by atoms with E-state index < -0.39 is 48.0 Å². The normalized spacial score (nSPS) is 12.6. The van der Waals surface area contributed by atoms with Crippen LogP contribution in [0, 0.1) is 0 Å². The summed E-state index contributed by atoms with van der Waals surface area (Å²) in [7, 11) is 0. The van der Waals surface area contributed by atoms with Gasteiger partial charge in [-0.2, -0.15) is 17.6 Å². The molecule has 0 aromatic heterocycles. The van der Waals surface area contributed by atoms with Crippen LogP contribution in [0.1, 0.15) is 25.7 Å². The first-order valence-electron chi connectivity index (χ1n) is 4.21. The maximum atomic E-state index is 12.9. The van der Waals surface area contributed by atoms with E-state index in [1.807, 2.05) is 0 Å². The Morgan fingerprint density at radius 3 is 1.25 bits per heavy atom. The van der Waals surface area contributed by atoms with Crippen molar-refractivity contribution in [1.82, 2.24) is 0 Å². The molecule has 0 N–H and O–H groups in total. The van der Waals surface area contributed by atoms with Crippen LogP contribution in [0.25, 0.3) is 0 Å². The number of hydrogen-bond acceptors (Lipinski definition) is 2. The highest BCUT2D eigenvalue weighted by atomic mass is 35.5. The SMILES string of the molecule is O=C(Cl)CCC(F)(F)C(F)(F)CCC(=O)Cl. The summed E-state index contributed by atoms with van der Waals surface area (Å²) in [6, 6.07) is 0. The summed E-state index contributed by atoms with van der Waals surface area (Å²) in [5.41, 5.74) is 0. The molecule has 0 aromatic rings. The van der Waals surface area contributed by atoms with Crippen LogP contribution in [0.15, 0.2) is 0 Å². The lowest BCUT2D eigenvalue weighted by molar-refractivity contribution is -0.215. The van der Waals surface area contributed by atoms with Crippen LogP contribution in [0.4, 0.5) is 17.6 Å². The molecule has 8 heteroatoms. The predicted octanol–water partition coefficient (Wildman–Crippen LogP) is 3.35. The second-order valence-electron chi connectivity index (χ2n) is 3.12. The Kier molecular flexibility index (Phi) is 5.69. The molecule has 0 aliphatic rings. The first-order chi connectivity index (χ1) is 7.08. The Hall–Kier alpha value is -0.360. The zero-order chi connectivity index (χ0) is 13.0. The van der Waals surface area contributed by atoms with Gasteiger partial charge in [-0.05, 0) is 23.2 Å². The molecule has 0 unspecified atom stereocenters. The monoisotopic (exact) mass is 282 g/mol. The zero-order valence-electron chi connectivity index (χ0n) is 7.91. The van der Waals surface area contributed by atoms with Gasteiger partial charge >= 0.3 is 11.8 Å². The van der Waals surface area contributed by atoms with E-state index in [1.54, 1.807) is 0 Å². The number of rotatable bonds is 7. The molecule has 0 aliphatic heterocycles. The number of carbonyl (C=O) groups excluding carboxylic acids is 2. The van der Waals surface area contributed by atoms with Gasteiger partial charge in [-0.15, -0.1) is 0 Å². The predicted molar refractivity (Wildman–Crippen MR) is 50.1 cm³/mol. The van der Waals surface area contributed by atoms with E-state index >= 15 is 0 Å². The van der Waals surface area contributed by atoms with Crippen molar-refractivity contribution >= 4 is 33.7 Å². The summed E-state index contributed by atoms with van der Waals surface area (Å²) in [5.74, 6) is -8.77. The topological polar surface area (TPSA) is 34.1 Å². The third kappa shape index (κ3) is 5.12. The molecule has 0 heterocycles. The van der Waals surface area contributed by atoms with Gasteiger partial charge in [0.25, 0.3) is 0 Å². The molecular formula is C8H8Cl2F4O2. The highest BCUT2D eigenvalue weighted by Gasteiger charge is 2.55. The van der Waals surface area contributed by atoms with Crippen molar-refractivity contribution in [2.24, 2.45) is 0 Å². The average molecular weight is 283 g/mol. The Labute approximate surface area is 98.9 Å². The van der Waals surface area contributed by atoms with Crippen LogP contribution in [-0.2, 0) is 9.59 Å². The lowest BCUT2D eigenvalue weighted by atomic mass is 10.0. The minimum atomic E-state index is -4.39. The van der Waals surface area contributed by atoms with E-state index in [-0.39, 0.29) is 0 Å². The molecule has 0 aliphatic carbocycles. The minimum absolute atomic E-state index is 0.862. The third-order valence-electron chi connectivity index (χ3n) is 1.81. The van der Waals surface area contributed by atoms with Crippen molar-refractivity contribution < 1.29 is 27.2 Å². The number of halogens is 6. The summed E-state index contributed by atoms with van der Waals surface area (Å²) >= 11 is 9.54. The molecule has 0 spiro atoms. The fraction of sp³-hybridized carbons (Fsp3) is 0.750. The van der Waals surface area contributed by atoms with E-state index in [2.05, 4.69) is 0 Å². The standard InChI is InChI=1S/C8H8Cl2F4O2/c9-5(15)1-3-7(11,12)8(13,14)4-2-6(10)16/h1-4H2. The minimum Gasteiger partial charge on any atom is -0.281 e. The smallest absolute Gasteiger partial charge is 0.281 e. The zero-order valence-corrected chi connectivity index (χ0v) is 9.42. The Morgan fingerprint density at radius 2 is 1.06 bits per heavy atom. The van der Waals surface area contributed by atoms with E-state index in [0.29, 0.717) is 0 Å². The molecule has 0 rings (SSSR count). The molecule has 94 valence electrons. The second kappa shape index (κ2) is 5.82. The van der Waals surface area contributed by atoms with Crippen molar-refractivity contribution in [3.05, 3.63) is 0 Å². The lowest BCUT2D eigenvalue weighted by Crippen LogP contribution is -2.40. The van der Waals surface area contributed by atoms with Gasteiger partial charge in [0.15, 0.2) is 0 Å². The summed E-state index contributed by atoms with van der Waals surface area (Å²) < 4.78 is 51.6. The molecule has 0 radical (unpaired) electrons. The summed E-state index contributed by atoms with van der Waals surface area (Å²) in [6.45, 7) is 0. The van der Waals surface area contributed by atoms with Crippen molar-refractivity contribution in [2.45, 2.75) is 37.5 Å². The molecule has 0 saturated heterocycles. The molecule has 0 atom stereocenters. The lowest BCUT2D eigenvalue weighted by Gasteiger charge is -2.25. The van der Waals surface area contributed by atoms with Crippen LogP contribution < -0.4 is 0 Å². The van der Waals surface area contributed by atoms with Crippen molar-refractivity contribution in [1.29, 1.82) is 0 Å². The molecule has 16 heavy (non-hydrogen) atoms. The van der Waals surface area contributed by atoms with Crippen molar-refractivity contribution in [3.63, 3.8) is 0 Å². The van der Waals surface area contributed by atoms with Crippen LogP contribution in [-0.4, -0.2) is 22.3 Å². The van der Waals surface area contributed by atoms with Gasteiger partial charge in [-0.1, -0.05) is 0 Å². The summed E-state index contributed by atoms with van der Waals surface area (Å²) in [5, 5.41) is -2.24. The highest BCUT2D eigenvalue weighted by molar-refractivity contribution is 6.63. The molecule has 2 nitrogen and oxygen atoms in total. The van der Waals surface area contributed by atoms with Crippen LogP contribution >= 0.6 is 23.2 Å². The van der Waals surface area contributed by atoms with Gasteiger partial charge in [-0.3, -0.25) is 9.59 Å². The highest BCUT2D eigenvalue weighted by Crippen LogP contribution is 2.41. The molecular weight excluding hydrogens is 275 g/mol. The first kappa shape index (κ1) is 15.6. The summed E-state index contributed by atoms with van der Waals surface area (Å²) in [4.78, 5) is 20.4. The van der Waals surface area contributed by atoms with Crippen LogP contribution in [0.3, 0.4) is 0 Å². The summed E-state index contributed by atoms with van der Waals surface area (Å²) in [6.07, 6.45) is -4.45. The van der Waals surface area contributed by atoms with Gasteiger partial charge in [0.1, 0.15) is 0 Å². The van der Waals surface area contributed by atoms with E-state index in [4.69, 9.17) is 23.2 Å². The van der Waals surface area contributed by atoms with Crippen molar-refractivity contribution in [2.75, 3.05) is 0 Å². The quantitative estimate of drug-likeness (QED) is 0.530. The third-order valence-corrected chi connectivity index (χ3v) is 2.18. The number of alkyl halides is 4. The van der Waals surface area contributed by atoms with Crippen LogP contribution in [0.2, 0.25) is 0 Å². The van der Waals surface area contributed by atoms with E-state index in [1.165, 1.54) is 0 Å². The molecule has 0 amide bonds. The van der Waals surface area contributed by atoms with Crippen LogP contribution in [0.5, 0.6) is 0 Å². The number of carbonyl (C=O) groups is 2. The van der Waals surface area contributed by atoms with Gasteiger partial charge in [0.05, 0.1) is 0 Å². The van der Waals surface area contributed by atoms with Gasteiger partial charge < -0.3 is 0 Å².